The fraction of sp³-hybridized carbons (Fsp3) is 0.370. The van der Waals surface area contributed by atoms with E-state index in [4.69, 9.17) is 21.1 Å². The van der Waals surface area contributed by atoms with Gasteiger partial charge >= 0.3 is 0 Å². The molecule has 4 heterocycles. The first-order valence-electron chi connectivity index (χ1n) is 13.1. The Morgan fingerprint density at radius 3 is 2.88 bits per heavy atom. The van der Waals surface area contributed by atoms with E-state index >= 15 is 0 Å². The standard InChI is InChI=1S/C27H29ClFN7O6/c1-14(25(39)32-21(11-37)15-5-17(29)8-18(6-15)41-2)35-13-31-36-10-16(7-22(36)26(35)40)24-19(28)9-30-27(34-24)33-20-3-4-42-12-23(20)38/h5-10,13-14,20-21,23,37-38H,3-4,11-12H2,1-2H3,(H,32,39)(H,30,33,34)/t14?,20-,21-,23+/m1/s1. The molecule has 1 aliphatic heterocycles. The van der Waals surface area contributed by atoms with Crippen LogP contribution in [-0.2, 0) is 9.53 Å². The zero-order valence-corrected chi connectivity index (χ0v) is 23.5. The third kappa shape index (κ3) is 6.06. The molecule has 42 heavy (non-hydrogen) atoms. The third-order valence-corrected chi connectivity index (χ3v) is 7.32. The highest BCUT2D eigenvalue weighted by Gasteiger charge is 2.26. The first-order chi connectivity index (χ1) is 20.2. The third-order valence-electron chi connectivity index (χ3n) is 7.04. The lowest BCUT2D eigenvalue weighted by Crippen LogP contribution is -2.42. The number of ether oxygens (including phenoxy) is 2. The number of carbonyl (C=O) groups excluding carboxylic acids is 1. The molecule has 1 saturated heterocycles. The molecule has 1 unspecified atom stereocenters. The maximum Gasteiger partial charge on any atom is 0.278 e. The number of nitrogens with one attached hydrogen (secondary N) is 2. The number of hydrogen-bond acceptors (Lipinski definition) is 10. The second-order valence-electron chi connectivity index (χ2n) is 9.82. The zero-order valence-electron chi connectivity index (χ0n) is 22.7. The average Bonchev–Trinajstić information content (AvgIpc) is 3.42. The van der Waals surface area contributed by atoms with E-state index in [1.165, 1.54) is 49.3 Å². The number of anilines is 1. The van der Waals surface area contributed by atoms with Gasteiger partial charge < -0.3 is 30.3 Å². The molecule has 0 radical (unpaired) electrons. The molecule has 3 aromatic heterocycles. The van der Waals surface area contributed by atoms with Crippen LogP contribution in [0.3, 0.4) is 0 Å². The van der Waals surface area contributed by atoms with Gasteiger partial charge in [-0.15, -0.1) is 0 Å². The van der Waals surface area contributed by atoms with Gasteiger partial charge in [0.2, 0.25) is 11.9 Å². The predicted octanol–water partition coefficient (Wildman–Crippen LogP) is 1.73. The molecule has 1 aliphatic rings. The molecule has 5 rings (SSSR count). The van der Waals surface area contributed by atoms with Gasteiger partial charge in [-0.05, 0) is 37.1 Å². The molecule has 0 spiro atoms. The van der Waals surface area contributed by atoms with Crippen LogP contribution in [-0.4, -0.2) is 79.3 Å². The smallest absolute Gasteiger partial charge is 0.278 e. The van der Waals surface area contributed by atoms with Crippen molar-refractivity contribution in [1.29, 1.82) is 0 Å². The van der Waals surface area contributed by atoms with Gasteiger partial charge in [0, 0.05) is 24.4 Å². The summed E-state index contributed by atoms with van der Waals surface area (Å²) in [4.78, 5) is 35.2. The highest BCUT2D eigenvalue weighted by molar-refractivity contribution is 6.32. The molecule has 4 aromatic rings. The van der Waals surface area contributed by atoms with E-state index in [-0.39, 0.29) is 34.9 Å². The molecule has 13 nitrogen and oxygen atoms in total. The lowest BCUT2D eigenvalue weighted by molar-refractivity contribution is -0.125. The number of fused-ring (bicyclic) bond motifs is 1. The number of aliphatic hydroxyl groups excluding tert-OH is 2. The molecular formula is C27H29ClFN7O6. The second kappa shape index (κ2) is 12.4. The van der Waals surface area contributed by atoms with Gasteiger partial charge in [0.05, 0.1) is 55.4 Å². The monoisotopic (exact) mass is 601 g/mol. The molecule has 4 atom stereocenters. The summed E-state index contributed by atoms with van der Waals surface area (Å²) in [5.41, 5.74) is 0.770. The summed E-state index contributed by atoms with van der Waals surface area (Å²) in [5, 5.41) is 30.3. The Bertz CT molecular complexity index is 1660. The number of carbonyl (C=O) groups is 1. The van der Waals surface area contributed by atoms with Crippen LogP contribution in [0.5, 0.6) is 5.75 Å². The van der Waals surface area contributed by atoms with Gasteiger partial charge in [0.25, 0.3) is 5.56 Å². The van der Waals surface area contributed by atoms with Crippen LogP contribution < -0.4 is 20.9 Å². The topological polar surface area (TPSA) is 165 Å². The van der Waals surface area contributed by atoms with Crippen molar-refractivity contribution < 1.29 is 28.9 Å². The van der Waals surface area contributed by atoms with Gasteiger partial charge in [0.15, 0.2) is 0 Å². The lowest BCUT2D eigenvalue weighted by Gasteiger charge is -2.28. The Morgan fingerprint density at radius 1 is 1.33 bits per heavy atom. The normalized spacial score (nSPS) is 18.4. The highest BCUT2D eigenvalue weighted by atomic mass is 35.5. The fourth-order valence-electron chi connectivity index (χ4n) is 4.66. The average molecular weight is 602 g/mol. The summed E-state index contributed by atoms with van der Waals surface area (Å²) < 4.78 is 26.8. The number of hydrogen-bond donors (Lipinski definition) is 4. The Balaban J connectivity index is 1.39. The SMILES string of the molecule is COc1cc(F)cc([C@@H](CO)NC(=O)C(C)n2cnn3cc(-c4nc(N[C@@H]5CCOC[C@@H]5O)ncc4Cl)cc3c2=O)c1. The number of benzene rings is 1. The minimum atomic E-state index is -1.03. The van der Waals surface area contributed by atoms with E-state index in [2.05, 4.69) is 25.7 Å². The summed E-state index contributed by atoms with van der Waals surface area (Å²) >= 11 is 6.39. The van der Waals surface area contributed by atoms with Crippen molar-refractivity contribution in [2.45, 2.75) is 37.6 Å². The van der Waals surface area contributed by atoms with Crippen LogP contribution >= 0.6 is 11.6 Å². The van der Waals surface area contributed by atoms with E-state index in [0.29, 0.717) is 29.8 Å². The van der Waals surface area contributed by atoms with Gasteiger partial charge in [-0.3, -0.25) is 14.2 Å². The van der Waals surface area contributed by atoms with Crippen molar-refractivity contribution in [3.8, 4) is 17.0 Å². The van der Waals surface area contributed by atoms with Crippen LogP contribution in [0.15, 0.2) is 47.8 Å². The van der Waals surface area contributed by atoms with Crippen molar-refractivity contribution in [2.75, 3.05) is 32.2 Å². The minimum absolute atomic E-state index is 0.157. The van der Waals surface area contributed by atoms with Gasteiger partial charge in [-0.25, -0.2) is 18.9 Å². The van der Waals surface area contributed by atoms with Crippen molar-refractivity contribution >= 4 is 29.0 Å². The fourth-order valence-corrected chi connectivity index (χ4v) is 4.86. The minimum Gasteiger partial charge on any atom is -0.497 e. The van der Waals surface area contributed by atoms with Gasteiger partial charge in [-0.2, -0.15) is 5.10 Å². The van der Waals surface area contributed by atoms with Gasteiger partial charge in [-0.1, -0.05) is 11.6 Å². The number of aliphatic hydroxyl groups is 2. The van der Waals surface area contributed by atoms with E-state index in [1.54, 1.807) is 12.3 Å². The van der Waals surface area contributed by atoms with Crippen LogP contribution in [0.4, 0.5) is 10.3 Å². The van der Waals surface area contributed by atoms with Gasteiger partial charge in [0.1, 0.15) is 29.5 Å². The van der Waals surface area contributed by atoms with Crippen LogP contribution in [0.2, 0.25) is 5.02 Å². The summed E-state index contributed by atoms with van der Waals surface area (Å²) in [6, 6.07) is 3.15. The van der Waals surface area contributed by atoms with Crippen LogP contribution in [0, 0.1) is 5.82 Å². The van der Waals surface area contributed by atoms with Crippen LogP contribution in [0.25, 0.3) is 16.8 Å². The molecule has 1 fully saturated rings. The number of amides is 1. The van der Waals surface area contributed by atoms with E-state index in [1.807, 2.05) is 0 Å². The molecule has 1 amide bonds. The molecular weight excluding hydrogens is 573 g/mol. The zero-order chi connectivity index (χ0) is 30.0. The maximum atomic E-state index is 14.0. The predicted molar refractivity (Wildman–Crippen MR) is 150 cm³/mol. The molecule has 4 N–H and O–H groups in total. The lowest BCUT2D eigenvalue weighted by atomic mass is 10.1. The Labute approximate surface area is 243 Å². The summed E-state index contributed by atoms with van der Waals surface area (Å²) in [6.07, 6.45) is 4.08. The summed E-state index contributed by atoms with van der Waals surface area (Å²) in [6.45, 7) is 1.69. The maximum absolute atomic E-state index is 14.0. The molecule has 0 bridgehead atoms. The Kier molecular flexibility index (Phi) is 8.68. The Hall–Kier alpha value is -4.11. The first-order valence-corrected chi connectivity index (χ1v) is 13.5. The van der Waals surface area contributed by atoms with E-state index < -0.39 is 42.1 Å². The number of rotatable bonds is 9. The quantitative estimate of drug-likeness (QED) is 0.222. The molecule has 0 aliphatic carbocycles. The molecule has 0 saturated carbocycles. The molecule has 1 aromatic carbocycles. The van der Waals surface area contributed by atoms with Crippen LogP contribution in [0.1, 0.15) is 31.0 Å². The number of halogens is 2. The summed E-state index contributed by atoms with van der Waals surface area (Å²) in [5.74, 6) is -0.704. The first kappa shape index (κ1) is 29.4. The van der Waals surface area contributed by atoms with Crippen molar-refractivity contribution in [3.63, 3.8) is 0 Å². The number of methoxy groups -OCH3 is 1. The highest BCUT2D eigenvalue weighted by Crippen LogP contribution is 2.28. The Morgan fingerprint density at radius 2 is 2.14 bits per heavy atom. The van der Waals surface area contributed by atoms with Crippen molar-refractivity contribution in [2.24, 2.45) is 0 Å². The summed E-state index contributed by atoms with van der Waals surface area (Å²) in [7, 11) is 1.38. The van der Waals surface area contributed by atoms with Crippen molar-refractivity contribution in [3.05, 3.63) is 69.7 Å². The second-order valence-corrected chi connectivity index (χ2v) is 10.2. The molecule has 15 heteroatoms. The van der Waals surface area contributed by atoms with Crippen molar-refractivity contribution in [1.82, 2.24) is 29.5 Å². The number of aromatic nitrogens is 5. The van der Waals surface area contributed by atoms with E-state index in [9.17, 15) is 24.2 Å². The number of nitrogens with zero attached hydrogens (tertiary/aromatic N) is 5. The molecule has 222 valence electrons. The van der Waals surface area contributed by atoms with E-state index in [0.717, 1.165) is 4.57 Å². The largest absolute Gasteiger partial charge is 0.497 e.